The van der Waals surface area contributed by atoms with Crippen molar-refractivity contribution in [1.29, 1.82) is 0 Å². The highest BCUT2D eigenvalue weighted by molar-refractivity contribution is 4.63. The molecular weight excluding hydrogens is 100 g/mol. The van der Waals surface area contributed by atoms with E-state index in [1.807, 2.05) is 0 Å². The molecule has 0 fully saturated rings. The molecule has 0 bridgehead atoms. The highest BCUT2D eigenvalue weighted by Crippen LogP contribution is 1.90. The van der Waals surface area contributed by atoms with Crippen molar-refractivity contribution >= 4 is 0 Å². The van der Waals surface area contributed by atoms with Crippen molar-refractivity contribution in [3.63, 3.8) is 0 Å². The van der Waals surface area contributed by atoms with E-state index in [4.69, 9.17) is 4.74 Å². The summed E-state index contributed by atoms with van der Waals surface area (Å²) >= 11 is 0. The molecule has 1 nitrogen and oxygen atoms in total. The van der Waals surface area contributed by atoms with Gasteiger partial charge in [-0.2, -0.15) is 0 Å². The van der Waals surface area contributed by atoms with Crippen LogP contribution in [0.1, 0.15) is 13.8 Å². The Morgan fingerprint density at radius 1 is 1.62 bits per heavy atom. The van der Waals surface area contributed by atoms with Gasteiger partial charge in [0.05, 0.1) is 6.61 Å². The van der Waals surface area contributed by atoms with Crippen LogP contribution in [-0.2, 0) is 4.74 Å². The summed E-state index contributed by atoms with van der Waals surface area (Å²) in [6, 6.07) is 0. The maximum Gasteiger partial charge on any atom is 0.0644 e. The molecule has 0 aromatic carbocycles. The Morgan fingerprint density at radius 3 is 2.62 bits per heavy atom. The van der Waals surface area contributed by atoms with Crippen LogP contribution >= 0.6 is 0 Å². The molecule has 0 saturated heterocycles. The van der Waals surface area contributed by atoms with E-state index in [0.717, 1.165) is 6.61 Å². The molecule has 0 radical (unpaired) electrons. The first-order valence-corrected chi connectivity index (χ1v) is 2.96. The third-order valence-electron chi connectivity index (χ3n) is 0.687. The predicted octanol–water partition coefficient (Wildman–Crippen LogP) is 1.84. The molecule has 0 aliphatic heterocycles. The van der Waals surface area contributed by atoms with Crippen LogP contribution in [-0.4, -0.2) is 13.2 Å². The molecule has 48 valence electrons. The van der Waals surface area contributed by atoms with Crippen molar-refractivity contribution in [2.75, 3.05) is 13.2 Å². The second-order valence-electron chi connectivity index (χ2n) is 2.22. The molecule has 0 heterocycles. The molecule has 0 rings (SSSR count). The Bertz CT molecular complexity index is 57.4. The van der Waals surface area contributed by atoms with Crippen LogP contribution in [0.5, 0.6) is 0 Å². The normalized spacial score (nSPS) is 9.88. The van der Waals surface area contributed by atoms with Gasteiger partial charge >= 0.3 is 0 Å². The van der Waals surface area contributed by atoms with Crippen LogP contribution in [0.15, 0.2) is 12.7 Å². The van der Waals surface area contributed by atoms with Crippen molar-refractivity contribution < 1.29 is 4.74 Å². The third-order valence-corrected chi connectivity index (χ3v) is 0.687. The number of hydrogen-bond donors (Lipinski definition) is 0. The van der Waals surface area contributed by atoms with Gasteiger partial charge in [0.1, 0.15) is 0 Å². The summed E-state index contributed by atoms with van der Waals surface area (Å²) in [6.45, 7) is 9.31. The summed E-state index contributed by atoms with van der Waals surface area (Å²) in [4.78, 5) is 0. The first-order valence-electron chi connectivity index (χ1n) is 2.96. The van der Waals surface area contributed by atoms with Gasteiger partial charge in [0, 0.05) is 6.61 Å². The Morgan fingerprint density at radius 2 is 2.25 bits per heavy atom. The van der Waals surface area contributed by atoms with Gasteiger partial charge in [0.25, 0.3) is 0 Å². The van der Waals surface area contributed by atoms with Gasteiger partial charge in [0.15, 0.2) is 0 Å². The average Bonchev–Trinajstić information content (AvgIpc) is 1.66. The van der Waals surface area contributed by atoms with Crippen LogP contribution in [0, 0.1) is 5.92 Å². The maximum atomic E-state index is 5.13. The van der Waals surface area contributed by atoms with Gasteiger partial charge in [-0.15, -0.1) is 6.58 Å². The van der Waals surface area contributed by atoms with Crippen LogP contribution in [0.25, 0.3) is 0 Å². The van der Waals surface area contributed by atoms with Crippen molar-refractivity contribution in [3.05, 3.63) is 12.7 Å². The summed E-state index contributed by atoms with van der Waals surface area (Å²) in [6.07, 6.45) is 1.77. The van der Waals surface area contributed by atoms with E-state index in [-0.39, 0.29) is 0 Å². The van der Waals surface area contributed by atoms with Gasteiger partial charge in [-0.05, 0) is 5.92 Å². The second kappa shape index (κ2) is 4.85. The predicted molar refractivity (Wildman–Crippen MR) is 35.9 cm³/mol. The highest BCUT2D eigenvalue weighted by Gasteiger charge is 1.89. The molecule has 0 saturated carbocycles. The smallest absolute Gasteiger partial charge is 0.0644 e. The SMILES string of the molecule is C=CCOCC(C)C. The topological polar surface area (TPSA) is 9.23 Å². The standard InChI is InChI=1S/C7H14O/c1-4-5-8-6-7(2)3/h4,7H,1,5-6H2,2-3H3. The fraction of sp³-hybridized carbons (Fsp3) is 0.714. The first-order chi connectivity index (χ1) is 3.77. The Labute approximate surface area is 51.4 Å². The minimum Gasteiger partial charge on any atom is -0.377 e. The van der Waals surface area contributed by atoms with Crippen molar-refractivity contribution in [3.8, 4) is 0 Å². The van der Waals surface area contributed by atoms with Crippen molar-refractivity contribution in [2.24, 2.45) is 5.92 Å². The Kier molecular flexibility index (Phi) is 4.67. The van der Waals surface area contributed by atoms with E-state index < -0.39 is 0 Å². The van der Waals surface area contributed by atoms with Crippen molar-refractivity contribution in [2.45, 2.75) is 13.8 Å². The fourth-order valence-electron chi connectivity index (χ4n) is 0.387. The fourth-order valence-corrected chi connectivity index (χ4v) is 0.387. The van der Waals surface area contributed by atoms with E-state index >= 15 is 0 Å². The zero-order valence-corrected chi connectivity index (χ0v) is 5.68. The lowest BCUT2D eigenvalue weighted by molar-refractivity contribution is 0.135. The van der Waals surface area contributed by atoms with E-state index in [2.05, 4.69) is 20.4 Å². The van der Waals surface area contributed by atoms with Gasteiger partial charge in [-0.1, -0.05) is 19.9 Å². The third kappa shape index (κ3) is 5.70. The lowest BCUT2D eigenvalue weighted by Gasteiger charge is -2.02. The summed E-state index contributed by atoms with van der Waals surface area (Å²) in [5.41, 5.74) is 0. The zero-order chi connectivity index (χ0) is 6.41. The van der Waals surface area contributed by atoms with Gasteiger partial charge in [0.2, 0.25) is 0 Å². The van der Waals surface area contributed by atoms with Crippen LogP contribution < -0.4 is 0 Å². The quantitative estimate of drug-likeness (QED) is 0.400. The molecule has 0 N–H and O–H groups in total. The molecule has 0 aromatic rings. The number of hydrogen-bond acceptors (Lipinski definition) is 1. The Balaban J connectivity index is 2.81. The van der Waals surface area contributed by atoms with E-state index in [9.17, 15) is 0 Å². The van der Waals surface area contributed by atoms with Crippen LogP contribution in [0.4, 0.5) is 0 Å². The monoisotopic (exact) mass is 114 g/mol. The summed E-state index contributed by atoms with van der Waals surface area (Å²) in [5.74, 6) is 0.634. The molecule has 0 aliphatic carbocycles. The largest absolute Gasteiger partial charge is 0.377 e. The summed E-state index contributed by atoms with van der Waals surface area (Å²) in [5, 5.41) is 0. The molecule has 0 atom stereocenters. The minimum atomic E-state index is 0.634. The lowest BCUT2D eigenvalue weighted by atomic mass is 10.2. The van der Waals surface area contributed by atoms with Gasteiger partial charge in [-0.25, -0.2) is 0 Å². The molecule has 0 aliphatic rings. The molecule has 1 heteroatoms. The van der Waals surface area contributed by atoms with Crippen molar-refractivity contribution in [1.82, 2.24) is 0 Å². The van der Waals surface area contributed by atoms with Gasteiger partial charge in [-0.3, -0.25) is 0 Å². The summed E-state index contributed by atoms with van der Waals surface area (Å²) in [7, 11) is 0. The maximum absolute atomic E-state index is 5.13. The Hall–Kier alpha value is -0.300. The second-order valence-corrected chi connectivity index (χ2v) is 2.22. The molecule has 0 aromatic heterocycles. The number of rotatable bonds is 4. The molecule has 0 unspecified atom stereocenters. The minimum absolute atomic E-state index is 0.634. The van der Waals surface area contributed by atoms with Gasteiger partial charge < -0.3 is 4.74 Å². The molecule has 0 spiro atoms. The number of ether oxygens (including phenoxy) is 1. The van der Waals surface area contributed by atoms with Crippen LogP contribution in [0.3, 0.4) is 0 Å². The molecule has 0 amide bonds. The van der Waals surface area contributed by atoms with E-state index in [0.29, 0.717) is 12.5 Å². The molecular formula is C7H14O. The van der Waals surface area contributed by atoms with Crippen LogP contribution in [0.2, 0.25) is 0 Å². The summed E-state index contributed by atoms with van der Waals surface area (Å²) < 4.78 is 5.13. The lowest BCUT2D eigenvalue weighted by Crippen LogP contribution is -2.00. The molecule has 8 heavy (non-hydrogen) atoms. The van der Waals surface area contributed by atoms with E-state index in [1.54, 1.807) is 6.08 Å². The highest BCUT2D eigenvalue weighted by atomic mass is 16.5. The first kappa shape index (κ1) is 7.70. The van der Waals surface area contributed by atoms with E-state index in [1.165, 1.54) is 0 Å². The zero-order valence-electron chi connectivity index (χ0n) is 5.68. The average molecular weight is 114 g/mol.